The van der Waals surface area contributed by atoms with Gasteiger partial charge in [-0.25, -0.2) is 9.18 Å². The molecule has 0 atom stereocenters. The highest BCUT2D eigenvalue weighted by molar-refractivity contribution is 5.96. The van der Waals surface area contributed by atoms with Crippen LogP contribution in [-0.4, -0.2) is 34.9 Å². The SMILES string of the molecule is CC(=O)c1ccc2c(c1)oc(=O)n2CCCCN1CCC(CCc2ccccc2F)CC1. The van der Waals surface area contributed by atoms with Gasteiger partial charge in [0.25, 0.3) is 0 Å². The van der Waals surface area contributed by atoms with Crippen LogP contribution in [0.15, 0.2) is 51.7 Å². The second kappa shape index (κ2) is 10.3. The van der Waals surface area contributed by atoms with Gasteiger partial charge in [-0.1, -0.05) is 18.2 Å². The molecule has 6 heteroatoms. The molecule has 5 nitrogen and oxygen atoms in total. The number of aryl methyl sites for hydroxylation is 2. The van der Waals surface area contributed by atoms with Crippen LogP contribution in [-0.2, 0) is 13.0 Å². The topological polar surface area (TPSA) is 55.5 Å². The van der Waals surface area contributed by atoms with Crippen molar-refractivity contribution in [2.45, 2.75) is 52.0 Å². The maximum Gasteiger partial charge on any atom is 0.419 e. The van der Waals surface area contributed by atoms with Crippen molar-refractivity contribution in [2.75, 3.05) is 19.6 Å². The Balaban J connectivity index is 1.19. The van der Waals surface area contributed by atoms with Crippen LogP contribution in [0.5, 0.6) is 0 Å². The predicted molar refractivity (Wildman–Crippen MR) is 124 cm³/mol. The first-order valence-corrected chi connectivity index (χ1v) is 11.6. The Labute approximate surface area is 187 Å². The highest BCUT2D eigenvalue weighted by atomic mass is 19.1. The van der Waals surface area contributed by atoms with Crippen LogP contribution in [0, 0.1) is 11.7 Å². The molecule has 1 aromatic heterocycles. The van der Waals surface area contributed by atoms with Crippen molar-refractivity contribution in [1.29, 1.82) is 0 Å². The number of carbonyl (C=O) groups is 1. The normalized spacial score (nSPS) is 15.4. The van der Waals surface area contributed by atoms with Crippen molar-refractivity contribution in [1.82, 2.24) is 9.47 Å². The van der Waals surface area contributed by atoms with E-state index in [1.807, 2.05) is 12.1 Å². The first kappa shape index (κ1) is 22.5. The van der Waals surface area contributed by atoms with E-state index in [1.54, 1.807) is 34.9 Å². The molecule has 0 aliphatic carbocycles. The Morgan fingerprint density at radius 1 is 1.09 bits per heavy atom. The minimum absolute atomic E-state index is 0.0432. The number of aromatic nitrogens is 1. The zero-order valence-electron chi connectivity index (χ0n) is 18.7. The molecule has 0 radical (unpaired) electrons. The molecule has 0 saturated carbocycles. The highest BCUT2D eigenvalue weighted by Crippen LogP contribution is 2.23. The molecule has 1 aliphatic heterocycles. The minimum atomic E-state index is -0.364. The van der Waals surface area contributed by atoms with Crippen molar-refractivity contribution in [3.05, 3.63) is 70.0 Å². The van der Waals surface area contributed by atoms with Crippen molar-refractivity contribution in [3.8, 4) is 0 Å². The van der Waals surface area contributed by atoms with Gasteiger partial charge in [0.1, 0.15) is 5.82 Å². The number of halogens is 1. The van der Waals surface area contributed by atoms with Crippen molar-refractivity contribution in [2.24, 2.45) is 5.92 Å². The van der Waals surface area contributed by atoms with Crippen molar-refractivity contribution >= 4 is 16.9 Å². The summed E-state index contributed by atoms with van der Waals surface area (Å²) in [5.41, 5.74) is 2.60. The van der Waals surface area contributed by atoms with E-state index < -0.39 is 0 Å². The molecule has 170 valence electrons. The lowest BCUT2D eigenvalue weighted by Crippen LogP contribution is -2.34. The number of carbonyl (C=O) groups excluding carboxylic acids is 1. The molecule has 0 spiro atoms. The summed E-state index contributed by atoms with van der Waals surface area (Å²) in [5.74, 6) is 0.171. The third-order valence-corrected chi connectivity index (χ3v) is 6.67. The number of nitrogens with zero attached hydrogens (tertiary/aromatic N) is 2. The minimum Gasteiger partial charge on any atom is -0.408 e. The summed E-state index contributed by atoms with van der Waals surface area (Å²) in [6.45, 7) is 5.32. The molecule has 0 unspecified atom stereocenters. The molecule has 2 aromatic carbocycles. The fraction of sp³-hybridized carbons (Fsp3) is 0.462. The average molecular weight is 439 g/mol. The van der Waals surface area contributed by atoms with Crippen LogP contribution in [0.4, 0.5) is 4.39 Å². The Bertz CT molecular complexity index is 1130. The molecule has 1 saturated heterocycles. The lowest BCUT2D eigenvalue weighted by Gasteiger charge is -2.32. The summed E-state index contributed by atoms with van der Waals surface area (Å²) in [6, 6.07) is 12.3. The van der Waals surface area contributed by atoms with E-state index in [4.69, 9.17) is 4.42 Å². The van der Waals surface area contributed by atoms with E-state index in [2.05, 4.69) is 4.90 Å². The Morgan fingerprint density at radius 3 is 2.59 bits per heavy atom. The molecule has 3 aromatic rings. The van der Waals surface area contributed by atoms with E-state index in [1.165, 1.54) is 19.8 Å². The van der Waals surface area contributed by atoms with Gasteiger partial charge >= 0.3 is 5.76 Å². The maximum atomic E-state index is 13.8. The summed E-state index contributed by atoms with van der Waals surface area (Å²) >= 11 is 0. The Morgan fingerprint density at radius 2 is 1.84 bits per heavy atom. The maximum absolute atomic E-state index is 13.8. The molecule has 0 amide bonds. The molecule has 2 heterocycles. The number of fused-ring (bicyclic) bond motifs is 1. The van der Waals surface area contributed by atoms with Crippen molar-refractivity contribution < 1.29 is 13.6 Å². The van der Waals surface area contributed by atoms with Gasteiger partial charge in [0.15, 0.2) is 11.4 Å². The van der Waals surface area contributed by atoms with Crippen LogP contribution in [0.2, 0.25) is 0 Å². The van der Waals surface area contributed by atoms with Crippen LogP contribution >= 0.6 is 0 Å². The molecular weight excluding hydrogens is 407 g/mol. The van der Waals surface area contributed by atoms with Crippen molar-refractivity contribution in [3.63, 3.8) is 0 Å². The van der Waals surface area contributed by atoms with Gasteiger partial charge in [0.2, 0.25) is 0 Å². The van der Waals surface area contributed by atoms with E-state index in [-0.39, 0.29) is 17.4 Å². The predicted octanol–water partition coefficient (Wildman–Crippen LogP) is 5.06. The second-order valence-electron chi connectivity index (χ2n) is 8.88. The third-order valence-electron chi connectivity index (χ3n) is 6.67. The van der Waals surface area contributed by atoms with E-state index in [9.17, 15) is 14.0 Å². The number of hydrogen-bond donors (Lipinski definition) is 0. The van der Waals surface area contributed by atoms with Gasteiger partial charge in [0.05, 0.1) is 5.52 Å². The first-order chi connectivity index (χ1) is 15.5. The number of Topliss-reactive ketones (excluding diaryl/α,β-unsaturated/α-hetero) is 1. The van der Waals surface area contributed by atoms with Gasteiger partial charge in [-0.2, -0.15) is 0 Å². The van der Waals surface area contributed by atoms with Crippen LogP contribution < -0.4 is 5.76 Å². The van der Waals surface area contributed by atoms with E-state index in [0.717, 1.165) is 56.4 Å². The molecule has 1 aliphatic rings. The smallest absolute Gasteiger partial charge is 0.408 e. The fourth-order valence-corrected chi connectivity index (χ4v) is 4.66. The molecule has 4 rings (SSSR count). The number of rotatable bonds is 9. The zero-order chi connectivity index (χ0) is 22.5. The molecular formula is C26H31FN2O3. The number of ketones is 1. The summed E-state index contributed by atoms with van der Waals surface area (Å²) in [5, 5.41) is 0. The van der Waals surface area contributed by atoms with Gasteiger partial charge < -0.3 is 9.32 Å². The summed E-state index contributed by atoms with van der Waals surface area (Å²) < 4.78 is 20.8. The van der Waals surface area contributed by atoms with E-state index >= 15 is 0 Å². The number of hydrogen-bond acceptors (Lipinski definition) is 4. The lowest BCUT2D eigenvalue weighted by molar-refractivity contribution is 0.101. The van der Waals surface area contributed by atoms with Crippen LogP contribution in [0.1, 0.15) is 54.9 Å². The van der Waals surface area contributed by atoms with Crippen LogP contribution in [0.3, 0.4) is 0 Å². The Hall–Kier alpha value is -2.73. The lowest BCUT2D eigenvalue weighted by atomic mass is 9.90. The first-order valence-electron chi connectivity index (χ1n) is 11.6. The fourth-order valence-electron chi connectivity index (χ4n) is 4.66. The summed E-state index contributed by atoms with van der Waals surface area (Å²) in [4.78, 5) is 26.2. The van der Waals surface area contributed by atoms with Gasteiger partial charge in [-0.15, -0.1) is 0 Å². The molecule has 0 bridgehead atoms. The van der Waals surface area contributed by atoms with Crippen LogP contribution in [0.25, 0.3) is 11.1 Å². The zero-order valence-corrected chi connectivity index (χ0v) is 18.7. The van der Waals surface area contributed by atoms with E-state index in [0.29, 0.717) is 23.6 Å². The number of oxazole rings is 1. The van der Waals surface area contributed by atoms with Gasteiger partial charge in [0, 0.05) is 12.1 Å². The molecule has 0 N–H and O–H groups in total. The number of benzene rings is 2. The molecule has 1 fully saturated rings. The Kier molecular flexibility index (Phi) is 7.20. The largest absolute Gasteiger partial charge is 0.419 e. The number of unbranched alkanes of at least 4 members (excludes halogenated alkanes) is 1. The average Bonchev–Trinajstić information content (AvgIpc) is 3.11. The second-order valence-corrected chi connectivity index (χ2v) is 8.88. The summed E-state index contributed by atoms with van der Waals surface area (Å²) in [7, 11) is 0. The number of piperidine rings is 1. The monoisotopic (exact) mass is 438 g/mol. The number of likely N-dealkylation sites (tertiary alicyclic amines) is 1. The molecule has 32 heavy (non-hydrogen) atoms. The standard InChI is InChI=1S/C26H31FN2O3/c1-19(30)22-10-11-24-25(18-22)32-26(31)29(24)15-5-4-14-28-16-12-20(13-17-28)8-9-21-6-2-3-7-23(21)27/h2-3,6-7,10-11,18,20H,4-5,8-9,12-17H2,1H3. The highest BCUT2D eigenvalue weighted by Gasteiger charge is 2.19. The van der Waals surface area contributed by atoms with Gasteiger partial charge in [-0.05, 0) is 101 Å². The summed E-state index contributed by atoms with van der Waals surface area (Å²) in [6.07, 6.45) is 6.12. The quantitative estimate of drug-likeness (QED) is 0.346. The third kappa shape index (κ3) is 5.36. The van der Waals surface area contributed by atoms with Gasteiger partial charge in [-0.3, -0.25) is 9.36 Å².